The summed E-state index contributed by atoms with van der Waals surface area (Å²) in [5.74, 6) is 0. The maximum Gasteiger partial charge on any atom is 0.322 e. The van der Waals surface area contributed by atoms with Gasteiger partial charge in [0.15, 0.2) is 0 Å². The highest BCUT2D eigenvalue weighted by molar-refractivity contribution is 8.06. The van der Waals surface area contributed by atoms with Crippen molar-refractivity contribution in [2.75, 3.05) is 6.61 Å². The minimum atomic E-state index is -3.88. The number of aliphatic hydroxyl groups excluding tert-OH is 1. The fourth-order valence-electron chi connectivity index (χ4n) is 1.48. The Morgan fingerprint density at radius 1 is 1.47 bits per heavy atom. The molecule has 7 nitrogen and oxygen atoms in total. The molecule has 17 heavy (non-hydrogen) atoms. The van der Waals surface area contributed by atoms with Crippen molar-refractivity contribution < 1.29 is 28.9 Å². The van der Waals surface area contributed by atoms with E-state index in [0.717, 1.165) is 0 Å². The Morgan fingerprint density at radius 2 is 2.06 bits per heavy atom. The fraction of sp³-hybridized carbons (Fsp3) is 1.00. The number of rotatable bonds is 5. The van der Waals surface area contributed by atoms with E-state index in [0.29, 0.717) is 0 Å². The summed E-state index contributed by atoms with van der Waals surface area (Å²) in [6.45, 7) is -0.0800. The van der Waals surface area contributed by atoms with Crippen LogP contribution in [-0.4, -0.2) is 52.1 Å². The third kappa shape index (κ3) is 4.86. The molecule has 9 heteroatoms. The van der Waals surface area contributed by atoms with Gasteiger partial charge in [0.1, 0.15) is 24.5 Å². The zero-order valence-electron chi connectivity index (χ0n) is 9.59. The van der Waals surface area contributed by atoms with Gasteiger partial charge in [-0.3, -0.25) is 4.52 Å². The lowest BCUT2D eigenvalue weighted by Gasteiger charge is -2.23. The molecule has 0 aromatic heterocycles. The molecule has 1 aliphatic heterocycles. The van der Waals surface area contributed by atoms with Gasteiger partial charge in [0, 0.05) is 0 Å². The first-order chi connectivity index (χ1) is 7.70. The normalized spacial score (nSPS) is 34.5. The number of hydrogen-bond donors (Lipinski definition) is 4. The summed E-state index contributed by atoms with van der Waals surface area (Å²) in [5.41, 5.74) is 5.49. The molecule has 0 saturated carbocycles. The molecule has 102 valence electrons. The van der Waals surface area contributed by atoms with Crippen LogP contribution in [0.25, 0.3) is 0 Å². The Kier molecular flexibility index (Phi) is 5.45. The number of nitrogens with two attached hydrogens (primary N) is 1. The quantitative estimate of drug-likeness (QED) is 0.479. The Hall–Kier alpha value is 0.370. The number of aliphatic hydroxyl groups is 1. The van der Waals surface area contributed by atoms with Crippen LogP contribution in [0.4, 0.5) is 0 Å². The van der Waals surface area contributed by atoms with Crippen LogP contribution in [0.2, 0.25) is 0 Å². The first kappa shape index (κ1) is 15.4. The molecule has 0 aromatic carbocycles. The first-order valence-corrected chi connectivity index (χ1v) is 7.78. The van der Waals surface area contributed by atoms with Gasteiger partial charge in [0.05, 0.1) is 12.7 Å². The van der Waals surface area contributed by atoms with Gasteiger partial charge >= 0.3 is 6.72 Å². The lowest BCUT2D eigenvalue weighted by Crippen LogP contribution is -2.39. The van der Waals surface area contributed by atoms with Crippen LogP contribution in [-0.2, 0) is 25.8 Å². The minimum Gasteiger partial charge on any atom is -0.386 e. The van der Waals surface area contributed by atoms with Crippen LogP contribution < -0.4 is 5.73 Å². The van der Waals surface area contributed by atoms with Crippen LogP contribution >= 0.6 is 6.72 Å². The maximum absolute atomic E-state index is 9.68. The van der Waals surface area contributed by atoms with Gasteiger partial charge in [-0.15, -0.1) is 0 Å². The summed E-state index contributed by atoms with van der Waals surface area (Å²) in [4.78, 5) is 18.2. The molecule has 1 aliphatic rings. The molecule has 5 N–H and O–H groups in total. The van der Waals surface area contributed by atoms with Gasteiger partial charge in [0.25, 0.3) is 0 Å². The molecule has 0 aliphatic carbocycles. The van der Waals surface area contributed by atoms with Crippen LogP contribution in [0.3, 0.4) is 0 Å². The van der Waals surface area contributed by atoms with Crippen LogP contribution in [0, 0.1) is 0 Å². The smallest absolute Gasteiger partial charge is 0.322 e. The highest BCUT2D eigenvalue weighted by Crippen LogP contribution is 2.41. The topological polar surface area (TPSA) is 114 Å². The van der Waals surface area contributed by atoms with E-state index in [4.69, 9.17) is 29.5 Å². The summed E-state index contributed by atoms with van der Waals surface area (Å²) in [6, 6.07) is 0. The van der Waals surface area contributed by atoms with Gasteiger partial charge in [-0.25, -0.2) is 0 Å². The average molecular weight is 287 g/mol. The molecule has 1 heterocycles. The largest absolute Gasteiger partial charge is 0.386 e. The summed E-state index contributed by atoms with van der Waals surface area (Å²) in [5, 5.41) is 9.68. The van der Waals surface area contributed by atoms with Gasteiger partial charge < -0.3 is 30.1 Å². The van der Waals surface area contributed by atoms with Gasteiger partial charge in [-0.1, -0.05) is 0 Å². The molecule has 0 bridgehead atoms. The molecule has 0 spiro atoms. The Bertz CT molecular complexity index is 298. The van der Waals surface area contributed by atoms with Crippen molar-refractivity contribution in [1.82, 2.24) is 0 Å². The van der Waals surface area contributed by atoms with Crippen molar-refractivity contribution in [1.29, 1.82) is 0 Å². The van der Waals surface area contributed by atoms with E-state index < -0.39 is 31.3 Å². The number of hydrogen-bond acceptors (Lipinski definition) is 6. The Balaban J connectivity index is 2.64. The molecule has 1 saturated heterocycles. The van der Waals surface area contributed by atoms with Crippen molar-refractivity contribution >= 4 is 18.5 Å². The highest BCUT2D eigenvalue weighted by Gasteiger charge is 2.45. The van der Waals surface area contributed by atoms with Gasteiger partial charge in [0.2, 0.25) is 0 Å². The van der Waals surface area contributed by atoms with Gasteiger partial charge in [-0.05, 0) is 25.7 Å². The predicted octanol–water partition coefficient (Wildman–Crippen LogP) is -0.950. The average Bonchev–Trinajstić information content (AvgIpc) is 2.40. The molecule has 0 amide bonds. The van der Waals surface area contributed by atoms with E-state index in [1.165, 1.54) is 0 Å². The van der Waals surface area contributed by atoms with E-state index in [1.54, 1.807) is 0 Å². The summed E-state index contributed by atoms with van der Waals surface area (Å²) < 4.78 is 15.3. The van der Waals surface area contributed by atoms with Crippen LogP contribution in [0.1, 0.15) is 13.8 Å². The second kappa shape index (κ2) is 6.01. The third-order valence-electron chi connectivity index (χ3n) is 2.22. The summed E-state index contributed by atoms with van der Waals surface area (Å²) >= 11 is 4.35. The zero-order chi connectivity index (χ0) is 13.2. The molecule has 1 fully saturated rings. The number of ether oxygens (including phenoxy) is 2. The fourth-order valence-corrected chi connectivity index (χ4v) is 2.35. The standard InChI is InChI=1S/C8H18NO6PS/c1-4(2)13-3-5-7(15-16(11,12)17)6(10)8(9)14-5/h4-8,10H,3,9H2,1-2H3,(H2,11,12,17)/t5-,6?,7?,8-/m1/s1. The van der Waals surface area contributed by atoms with Crippen LogP contribution in [0.5, 0.6) is 0 Å². The van der Waals surface area contributed by atoms with Gasteiger partial charge in [-0.2, -0.15) is 0 Å². The van der Waals surface area contributed by atoms with E-state index >= 15 is 0 Å². The Morgan fingerprint density at radius 3 is 2.53 bits per heavy atom. The van der Waals surface area contributed by atoms with E-state index in [9.17, 15) is 5.11 Å². The molecule has 4 atom stereocenters. The Labute approximate surface area is 105 Å². The second-order valence-corrected chi connectivity index (χ2v) is 6.69. The van der Waals surface area contributed by atoms with Crippen molar-refractivity contribution in [2.45, 2.75) is 44.5 Å². The lowest BCUT2D eigenvalue weighted by molar-refractivity contribution is -0.0542. The van der Waals surface area contributed by atoms with Crippen molar-refractivity contribution in [2.24, 2.45) is 5.73 Å². The molecule has 0 aromatic rings. The van der Waals surface area contributed by atoms with E-state index in [-0.39, 0.29) is 12.7 Å². The SMILES string of the molecule is CC(C)OC[C@H]1O[C@@H](N)C(O)C1OP(O)(O)=S. The second-order valence-electron chi connectivity index (χ2n) is 4.07. The summed E-state index contributed by atoms with van der Waals surface area (Å²) in [7, 11) is 0. The highest BCUT2D eigenvalue weighted by atomic mass is 32.5. The zero-order valence-corrected chi connectivity index (χ0v) is 11.3. The van der Waals surface area contributed by atoms with Crippen molar-refractivity contribution in [3.63, 3.8) is 0 Å². The molecular formula is C8H18NO6PS. The maximum atomic E-state index is 9.68. The minimum absolute atomic E-state index is 0.0282. The molecule has 1 rings (SSSR count). The van der Waals surface area contributed by atoms with E-state index in [2.05, 4.69) is 11.8 Å². The monoisotopic (exact) mass is 287 g/mol. The molecule has 2 unspecified atom stereocenters. The van der Waals surface area contributed by atoms with Crippen LogP contribution in [0.15, 0.2) is 0 Å². The van der Waals surface area contributed by atoms with E-state index in [1.807, 2.05) is 13.8 Å². The van der Waals surface area contributed by atoms with Crippen molar-refractivity contribution in [3.05, 3.63) is 0 Å². The predicted molar refractivity (Wildman–Crippen MR) is 63.5 cm³/mol. The summed E-state index contributed by atoms with van der Waals surface area (Å²) in [6.07, 6.45) is -3.83. The molecule has 0 radical (unpaired) electrons. The van der Waals surface area contributed by atoms with Crippen molar-refractivity contribution in [3.8, 4) is 0 Å². The first-order valence-electron chi connectivity index (χ1n) is 5.15. The molecular weight excluding hydrogens is 269 g/mol. The lowest BCUT2D eigenvalue weighted by atomic mass is 10.1. The third-order valence-corrected chi connectivity index (χ3v) is 3.00.